The van der Waals surface area contributed by atoms with E-state index in [4.69, 9.17) is 5.73 Å². The van der Waals surface area contributed by atoms with Crippen LogP contribution in [0.5, 0.6) is 5.75 Å². The molecular weight excluding hydrogens is 512 g/mol. The standard InChI is InChI=1S/C25H34N6O8/c1-3-13(2)21(31-22(35)17(26)9-15-11-27-12-28-15)24(37)29-18(10-20(33)34)23(36)30-19(25(38)39)8-14-4-6-16(32)7-5-14/h4-7,11-13,17-19,21,32H,3,8-10,26H2,1-2H3,(H,27,28)(H,29,37)(H,30,36)(H,31,35)(H,33,34)(H,38,39). The second kappa shape index (κ2) is 14.5. The van der Waals surface area contributed by atoms with Crippen molar-refractivity contribution in [3.05, 3.63) is 48.0 Å². The van der Waals surface area contributed by atoms with Crippen LogP contribution in [0.1, 0.15) is 37.9 Å². The summed E-state index contributed by atoms with van der Waals surface area (Å²) in [5.41, 5.74) is 7.07. The third-order valence-electron chi connectivity index (χ3n) is 6.13. The molecule has 14 heteroatoms. The van der Waals surface area contributed by atoms with Crippen LogP contribution >= 0.6 is 0 Å². The first kappa shape index (κ1) is 30.8. The largest absolute Gasteiger partial charge is 0.508 e. The Kier molecular flexibility index (Phi) is 11.4. The molecule has 0 saturated heterocycles. The van der Waals surface area contributed by atoms with Gasteiger partial charge in [0.25, 0.3) is 0 Å². The Balaban J connectivity index is 2.14. The summed E-state index contributed by atoms with van der Waals surface area (Å²) >= 11 is 0. The minimum absolute atomic E-state index is 0.0240. The molecule has 2 aromatic rings. The van der Waals surface area contributed by atoms with Gasteiger partial charge in [0, 0.05) is 24.7 Å². The highest BCUT2D eigenvalue weighted by Crippen LogP contribution is 2.13. The molecule has 1 aromatic heterocycles. The van der Waals surface area contributed by atoms with Gasteiger partial charge in [-0.25, -0.2) is 9.78 Å². The number of hydrogen-bond donors (Lipinski definition) is 8. The molecule has 212 valence electrons. The van der Waals surface area contributed by atoms with Crippen LogP contribution in [0.2, 0.25) is 0 Å². The Hall–Kier alpha value is -4.46. The molecule has 14 nitrogen and oxygen atoms in total. The van der Waals surface area contributed by atoms with Gasteiger partial charge in [0.1, 0.15) is 23.9 Å². The molecule has 0 fully saturated rings. The normalized spacial score (nSPS) is 14.7. The van der Waals surface area contributed by atoms with Gasteiger partial charge < -0.3 is 42.0 Å². The number of carboxylic acid groups (broad SMARTS) is 2. The number of nitrogens with zero attached hydrogens (tertiary/aromatic N) is 1. The maximum absolute atomic E-state index is 13.2. The molecule has 0 radical (unpaired) electrons. The molecule has 0 saturated carbocycles. The molecule has 39 heavy (non-hydrogen) atoms. The van der Waals surface area contributed by atoms with Gasteiger partial charge in [-0.3, -0.25) is 19.2 Å². The minimum Gasteiger partial charge on any atom is -0.508 e. The van der Waals surface area contributed by atoms with Gasteiger partial charge in [0.05, 0.1) is 18.8 Å². The van der Waals surface area contributed by atoms with E-state index in [1.165, 1.54) is 36.8 Å². The Morgan fingerprint density at radius 2 is 1.59 bits per heavy atom. The number of carbonyl (C=O) groups is 5. The third-order valence-corrected chi connectivity index (χ3v) is 6.13. The molecular formula is C25H34N6O8. The van der Waals surface area contributed by atoms with Crippen LogP contribution in [0.3, 0.4) is 0 Å². The maximum Gasteiger partial charge on any atom is 0.326 e. The highest BCUT2D eigenvalue weighted by Gasteiger charge is 2.33. The van der Waals surface area contributed by atoms with E-state index in [1.807, 2.05) is 0 Å². The minimum atomic E-state index is -1.63. The number of carbonyl (C=O) groups excluding carboxylic acids is 3. The Morgan fingerprint density at radius 3 is 2.13 bits per heavy atom. The number of aromatic nitrogens is 2. The summed E-state index contributed by atoms with van der Waals surface area (Å²) < 4.78 is 0. The van der Waals surface area contributed by atoms with Crippen molar-refractivity contribution in [3.63, 3.8) is 0 Å². The summed E-state index contributed by atoms with van der Waals surface area (Å²) in [6, 6.07) is 0.432. The van der Waals surface area contributed by atoms with Crippen LogP contribution in [0.15, 0.2) is 36.8 Å². The molecule has 1 heterocycles. The number of carboxylic acids is 2. The van der Waals surface area contributed by atoms with E-state index in [0.29, 0.717) is 17.7 Å². The van der Waals surface area contributed by atoms with E-state index in [-0.39, 0.29) is 18.6 Å². The van der Waals surface area contributed by atoms with Gasteiger partial charge in [-0.15, -0.1) is 0 Å². The van der Waals surface area contributed by atoms with Crippen molar-refractivity contribution in [2.24, 2.45) is 11.7 Å². The number of phenolic OH excluding ortho intramolecular Hbond substituents is 1. The zero-order chi connectivity index (χ0) is 29.1. The zero-order valence-corrected chi connectivity index (χ0v) is 21.6. The molecule has 9 N–H and O–H groups in total. The predicted molar refractivity (Wildman–Crippen MR) is 137 cm³/mol. The van der Waals surface area contributed by atoms with Gasteiger partial charge in [0.2, 0.25) is 17.7 Å². The molecule has 5 unspecified atom stereocenters. The number of aromatic hydroxyl groups is 1. The highest BCUT2D eigenvalue weighted by molar-refractivity contribution is 5.95. The molecule has 0 aliphatic rings. The summed E-state index contributed by atoms with van der Waals surface area (Å²) in [6.07, 6.45) is 2.54. The number of nitrogens with two attached hydrogens (primary N) is 1. The molecule has 5 atom stereocenters. The highest BCUT2D eigenvalue weighted by atomic mass is 16.4. The number of aliphatic carboxylic acids is 2. The summed E-state index contributed by atoms with van der Waals surface area (Å²) in [4.78, 5) is 68.7. The van der Waals surface area contributed by atoms with Crippen LogP contribution in [0, 0.1) is 5.92 Å². The van der Waals surface area contributed by atoms with Crippen LogP contribution in [0.25, 0.3) is 0 Å². The first-order chi connectivity index (χ1) is 18.4. The van der Waals surface area contributed by atoms with Crippen molar-refractivity contribution < 1.29 is 39.3 Å². The quantitative estimate of drug-likeness (QED) is 0.140. The van der Waals surface area contributed by atoms with E-state index in [0.717, 1.165) is 0 Å². The molecule has 0 spiro atoms. The van der Waals surface area contributed by atoms with Crippen molar-refractivity contribution in [1.29, 1.82) is 0 Å². The number of benzene rings is 1. The number of imidazole rings is 1. The first-order valence-corrected chi connectivity index (χ1v) is 12.3. The fraction of sp³-hybridized carbons (Fsp3) is 0.440. The van der Waals surface area contributed by atoms with Crippen LogP contribution in [0.4, 0.5) is 0 Å². The molecule has 0 aliphatic carbocycles. The Bertz CT molecular complexity index is 1140. The van der Waals surface area contributed by atoms with Crippen LogP contribution in [-0.4, -0.2) is 79.1 Å². The van der Waals surface area contributed by atoms with E-state index in [2.05, 4.69) is 25.9 Å². The number of H-pyrrole nitrogens is 1. The number of nitrogens with one attached hydrogen (secondary N) is 4. The predicted octanol–water partition coefficient (Wildman–Crippen LogP) is -0.712. The van der Waals surface area contributed by atoms with E-state index in [9.17, 15) is 39.3 Å². The first-order valence-electron chi connectivity index (χ1n) is 12.3. The zero-order valence-electron chi connectivity index (χ0n) is 21.6. The average Bonchev–Trinajstić information content (AvgIpc) is 3.39. The van der Waals surface area contributed by atoms with Crippen molar-refractivity contribution in [1.82, 2.24) is 25.9 Å². The van der Waals surface area contributed by atoms with Crippen LogP contribution < -0.4 is 21.7 Å². The maximum atomic E-state index is 13.2. The van der Waals surface area contributed by atoms with Gasteiger partial charge in [-0.05, 0) is 23.6 Å². The van der Waals surface area contributed by atoms with Crippen molar-refractivity contribution in [2.75, 3.05) is 0 Å². The van der Waals surface area contributed by atoms with Gasteiger partial charge in [-0.2, -0.15) is 0 Å². The van der Waals surface area contributed by atoms with Crippen LogP contribution in [-0.2, 0) is 36.8 Å². The number of aromatic amines is 1. The molecule has 2 rings (SSSR count). The average molecular weight is 547 g/mol. The van der Waals surface area contributed by atoms with Crippen molar-refractivity contribution in [2.45, 2.75) is 63.7 Å². The van der Waals surface area contributed by atoms with E-state index < -0.39 is 66.2 Å². The summed E-state index contributed by atoms with van der Waals surface area (Å²) in [6.45, 7) is 3.47. The lowest BCUT2D eigenvalue weighted by molar-refractivity contribution is -0.143. The van der Waals surface area contributed by atoms with Crippen molar-refractivity contribution in [3.8, 4) is 5.75 Å². The number of phenols is 1. The number of hydrogen-bond acceptors (Lipinski definition) is 8. The van der Waals surface area contributed by atoms with Gasteiger partial charge in [-0.1, -0.05) is 32.4 Å². The van der Waals surface area contributed by atoms with Gasteiger partial charge >= 0.3 is 11.9 Å². The lowest BCUT2D eigenvalue weighted by Gasteiger charge is -2.27. The second-order valence-electron chi connectivity index (χ2n) is 9.19. The van der Waals surface area contributed by atoms with Crippen molar-refractivity contribution >= 4 is 29.7 Å². The second-order valence-corrected chi connectivity index (χ2v) is 9.19. The van der Waals surface area contributed by atoms with Gasteiger partial charge in [0.15, 0.2) is 0 Å². The summed E-state index contributed by atoms with van der Waals surface area (Å²) in [5, 5.41) is 35.5. The Labute approximate surface area is 224 Å². The van der Waals surface area contributed by atoms with E-state index in [1.54, 1.807) is 13.8 Å². The molecule has 1 aromatic carbocycles. The number of rotatable bonds is 15. The fourth-order valence-corrected chi connectivity index (χ4v) is 3.67. The molecule has 3 amide bonds. The topological polar surface area (TPSA) is 237 Å². The lowest BCUT2D eigenvalue weighted by Crippen LogP contribution is -2.59. The SMILES string of the molecule is CCC(C)C(NC(=O)C(N)Cc1cnc[nH]1)C(=O)NC(CC(=O)O)C(=O)NC(Cc1ccc(O)cc1)C(=O)O. The Morgan fingerprint density at radius 1 is 0.949 bits per heavy atom. The number of amides is 3. The van der Waals surface area contributed by atoms with E-state index >= 15 is 0 Å². The fourth-order valence-electron chi connectivity index (χ4n) is 3.67. The summed E-state index contributed by atoms with van der Waals surface area (Å²) in [5.74, 6) is -5.71. The lowest BCUT2D eigenvalue weighted by atomic mass is 9.97. The summed E-state index contributed by atoms with van der Waals surface area (Å²) in [7, 11) is 0. The monoisotopic (exact) mass is 546 g/mol. The molecule has 0 bridgehead atoms. The molecule has 0 aliphatic heterocycles. The smallest absolute Gasteiger partial charge is 0.326 e. The third kappa shape index (κ3) is 9.74.